The van der Waals surface area contributed by atoms with Crippen molar-refractivity contribution in [2.24, 2.45) is 0 Å². The third-order valence-electron chi connectivity index (χ3n) is 5.64. The van der Waals surface area contributed by atoms with Gasteiger partial charge in [-0.05, 0) is 56.9 Å². The molecule has 1 aliphatic carbocycles. The molecule has 32 heavy (non-hydrogen) atoms. The molecule has 0 saturated heterocycles. The third kappa shape index (κ3) is 3.84. The van der Waals surface area contributed by atoms with E-state index in [1.165, 1.54) is 12.1 Å². The van der Waals surface area contributed by atoms with Gasteiger partial charge in [0.2, 0.25) is 10.0 Å². The van der Waals surface area contributed by atoms with Gasteiger partial charge >= 0.3 is 6.18 Å². The Hall–Kier alpha value is -2.97. The summed E-state index contributed by atoms with van der Waals surface area (Å²) in [6.07, 6.45) is 0.885. The molecule has 1 aliphatic rings. The van der Waals surface area contributed by atoms with Gasteiger partial charge in [-0.2, -0.15) is 23.2 Å². The van der Waals surface area contributed by atoms with E-state index >= 15 is 0 Å². The molecule has 3 aromatic rings. The summed E-state index contributed by atoms with van der Waals surface area (Å²) in [4.78, 5) is 8.25. The molecule has 0 aliphatic heterocycles. The highest BCUT2D eigenvalue weighted by Crippen LogP contribution is 2.41. The molecule has 3 aromatic heterocycles. The number of halogens is 3. The Balaban J connectivity index is 1.80. The molecule has 1 N–H and O–H groups in total. The lowest BCUT2D eigenvalue weighted by Gasteiger charge is -2.30. The Morgan fingerprint density at radius 1 is 1.25 bits per heavy atom. The fraction of sp³-hybridized carbons (Fsp3) is 0.381. The number of nitrogens with one attached hydrogen (secondary N) is 1. The standard InChI is InChI=1S/C21H20F3N5O2S/c1-12-8-18-19(27-10-12)16(9-25)20(29(18)14-4-3-5-14)17-7-6-15(11-26-17)32(30,31)28-13(2)21(22,23)24/h6-8,10-11,13-14,28H,3-5H2,1-2H3/t13-/m1/s1. The average molecular weight is 463 g/mol. The van der Waals surface area contributed by atoms with Crippen LogP contribution in [-0.2, 0) is 10.0 Å². The highest BCUT2D eigenvalue weighted by Gasteiger charge is 2.39. The predicted octanol–water partition coefficient (Wildman–Crippen LogP) is 4.23. The molecular formula is C21H20F3N5O2S. The van der Waals surface area contributed by atoms with Crippen LogP contribution in [0.5, 0.6) is 0 Å². The molecule has 0 aromatic carbocycles. The smallest absolute Gasteiger partial charge is 0.334 e. The number of pyridine rings is 2. The first-order valence-electron chi connectivity index (χ1n) is 9.99. The van der Waals surface area contributed by atoms with Gasteiger partial charge in [-0.1, -0.05) is 0 Å². The fourth-order valence-electron chi connectivity index (χ4n) is 3.71. The summed E-state index contributed by atoms with van der Waals surface area (Å²) < 4.78 is 66.6. The third-order valence-corrected chi connectivity index (χ3v) is 7.17. The van der Waals surface area contributed by atoms with Gasteiger partial charge in [0, 0.05) is 18.4 Å². The number of rotatable bonds is 5. The normalized spacial score (nSPS) is 16.0. The molecule has 168 valence electrons. The van der Waals surface area contributed by atoms with E-state index in [0.29, 0.717) is 22.5 Å². The summed E-state index contributed by atoms with van der Waals surface area (Å²) in [6, 6.07) is 4.66. The number of hydrogen-bond acceptors (Lipinski definition) is 5. The number of nitrogens with zero attached hydrogens (tertiary/aromatic N) is 4. The number of fused-ring (bicyclic) bond motifs is 1. The first-order chi connectivity index (χ1) is 15.0. The number of sulfonamides is 1. The van der Waals surface area contributed by atoms with Crippen LogP contribution >= 0.6 is 0 Å². The molecule has 1 saturated carbocycles. The zero-order chi connectivity index (χ0) is 23.3. The van der Waals surface area contributed by atoms with Crippen LogP contribution in [0.25, 0.3) is 22.4 Å². The minimum absolute atomic E-state index is 0.165. The van der Waals surface area contributed by atoms with Crippen LogP contribution in [0.2, 0.25) is 0 Å². The molecule has 3 heterocycles. The molecule has 0 bridgehead atoms. The number of aromatic nitrogens is 3. The second-order valence-corrected chi connectivity index (χ2v) is 9.65. The van der Waals surface area contributed by atoms with Crippen molar-refractivity contribution in [1.29, 1.82) is 5.26 Å². The quantitative estimate of drug-likeness (QED) is 0.610. The lowest BCUT2D eigenvalue weighted by atomic mass is 9.92. The van der Waals surface area contributed by atoms with E-state index in [1.54, 1.807) is 10.9 Å². The zero-order valence-corrected chi connectivity index (χ0v) is 18.1. The van der Waals surface area contributed by atoms with Crippen molar-refractivity contribution < 1.29 is 21.6 Å². The Bertz CT molecular complexity index is 1320. The van der Waals surface area contributed by atoms with Crippen molar-refractivity contribution in [1.82, 2.24) is 19.3 Å². The highest BCUT2D eigenvalue weighted by molar-refractivity contribution is 7.89. The average Bonchev–Trinajstić information content (AvgIpc) is 2.99. The minimum Gasteiger partial charge on any atom is -0.334 e. The van der Waals surface area contributed by atoms with E-state index in [2.05, 4.69) is 16.0 Å². The Morgan fingerprint density at radius 3 is 2.50 bits per heavy atom. The van der Waals surface area contributed by atoms with Crippen LogP contribution in [0, 0.1) is 18.3 Å². The summed E-state index contributed by atoms with van der Waals surface area (Å²) >= 11 is 0. The number of alkyl halides is 3. The van der Waals surface area contributed by atoms with Crippen LogP contribution in [0.15, 0.2) is 35.5 Å². The van der Waals surface area contributed by atoms with E-state index in [-0.39, 0.29) is 6.04 Å². The molecule has 0 unspecified atom stereocenters. The second-order valence-electron chi connectivity index (χ2n) is 7.93. The van der Waals surface area contributed by atoms with Crippen molar-refractivity contribution in [2.45, 2.75) is 56.3 Å². The van der Waals surface area contributed by atoms with Crippen LogP contribution < -0.4 is 4.72 Å². The van der Waals surface area contributed by atoms with Crippen molar-refractivity contribution in [2.75, 3.05) is 0 Å². The van der Waals surface area contributed by atoms with Gasteiger partial charge in [0.1, 0.15) is 28.1 Å². The number of nitriles is 1. The lowest BCUT2D eigenvalue weighted by molar-refractivity contribution is -0.147. The van der Waals surface area contributed by atoms with E-state index in [0.717, 1.165) is 43.5 Å². The summed E-state index contributed by atoms with van der Waals surface area (Å²) in [5, 5.41) is 9.85. The molecule has 0 spiro atoms. The maximum absolute atomic E-state index is 12.8. The van der Waals surface area contributed by atoms with Gasteiger partial charge < -0.3 is 4.57 Å². The van der Waals surface area contributed by atoms with Crippen LogP contribution in [0.3, 0.4) is 0 Å². The van der Waals surface area contributed by atoms with E-state index in [1.807, 2.05) is 17.6 Å². The SMILES string of the molecule is Cc1cnc2c(C#N)c(-c3ccc(S(=O)(=O)N[C@H](C)C(F)(F)F)cn3)n(C3CCC3)c2c1. The number of hydrogen-bond donors (Lipinski definition) is 1. The minimum atomic E-state index is -4.71. The van der Waals surface area contributed by atoms with Crippen LogP contribution in [0.1, 0.15) is 43.4 Å². The van der Waals surface area contributed by atoms with Crippen LogP contribution in [0.4, 0.5) is 13.2 Å². The summed E-state index contributed by atoms with van der Waals surface area (Å²) in [6.45, 7) is 2.63. The first-order valence-corrected chi connectivity index (χ1v) is 11.5. The molecular weight excluding hydrogens is 443 g/mol. The van der Waals surface area contributed by atoms with Gasteiger partial charge in [-0.3, -0.25) is 9.97 Å². The van der Waals surface area contributed by atoms with Gasteiger partial charge in [0.05, 0.1) is 16.9 Å². The topological polar surface area (TPSA) is 101 Å². The van der Waals surface area contributed by atoms with Gasteiger partial charge in [0.15, 0.2) is 0 Å². The fourth-order valence-corrected chi connectivity index (χ4v) is 4.89. The van der Waals surface area contributed by atoms with E-state index in [9.17, 15) is 26.9 Å². The van der Waals surface area contributed by atoms with Crippen molar-refractivity contribution in [3.05, 3.63) is 41.7 Å². The lowest BCUT2D eigenvalue weighted by Crippen LogP contribution is -2.42. The summed E-state index contributed by atoms with van der Waals surface area (Å²) in [5.41, 5.74) is 3.50. The number of aryl methyl sites for hydroxylation is 1. The first kappa shape index (κ1) is 22.2. The summed E-state index contributed by atoms with van der Waals surface area (Å²) in [7, 11) is -4.42. The van der Waals surface area contributed by atoms with Crippen molar-refractivity contribution in [3.8, 4) is 17.5 Å². The Morgan fingerprint density at radius 2 is 1.97 bits per heavy atom. The van der Waals surface area contributed by atoms with E-state index in [4.69, 9.17) is 0 Å². The molecule has 7 nitrogen and oxygen atoms in total. The van der Waals surface area contributed by atoms with Gasteiger partial charge in [-0.15, -0.1) is 0 Å². The van der Waals surface area contributed by atoms with Crippen molar-refractivity contribution >= 4 is 21.1 Å². The second kappa shape index (κ2) is 7.86. The van der Waals surface area contributed by atoms with Gasteiger partial charge in [-0.25, -0.2) is 8.42 Å². The molecule has 1 atom stereocenters. The molecule has 1 fully saturated rings. The molecule has 0 radical (unpaired) electrons. The molecule has 11 heteroatoms. The largest absolute Gasteiger partial charge is 0.404 e. The maximum Gasteiger partial charge on any atom is 0.404 e. The van der Waals surface area contributed by atoms with Gasteiger partial charge in [0.25, 0.3) is 0 Å². The monoisotopic (exact) mass is 463 g/mol. The Kier molecular flexibility index (Phi) is 5.46. The highest BCUT2D eigenvalue weighted by atomic mass is 32.2. The molecule has 4 rings (SSSR count). The van der Waals surface area contributed by atoms with E-state index < -0.39 is 27.1 Å². The maximum atomic E-state index is 12.8. The summed E-state index contributed by atoms with van der Waals surface area (Å²) in [5.74, 6) is 0. The zero-order valence-electron chi connectivity index (χ0n) is 17.3. The Labute approximate surface area is 183 Å². The van der Waals surface area contributed by atoms with Crippen molar-refractivity contribution in [3.63, 3.8) is 0 Å². The predicted molar refractivity (Wildman–Crippen MR) is 111 cm³/mol. The van der Waals surface area contributed by atoms with Crippen LogP contribution in [-0.4, -0.2) is 35.2 Å². The molecule has 0 amide bonds.